The molecular weight excluding hydrogens is 232 g/mol. The van der Waals surface area contributed by atoms with Crippen LogP contribution in [0.25, 0.3) is 0 Å². The molecular formula is C8H14N4OS2. The number of nitrogens with zero attached hydrogens (tertiary/aromatic N) is 2. The van der Waals surface area contributed by atoms with Crippen molar-refractivity contribution in [2.45, 2.75) is 30.4 Å². The predicted molar refractivity (Wildman–Crippen MR) is 61.5 cm³/mol. The molecule has 1 aromatic heterocycles. The summed E-state index contributed by atoms with van der Waals surface area (Å²) < 4.78 is 0.886. The smallest absolute Gasteiger partial charge is 0.237 e. The first-order chi connectivity index (χ1) is 7.04. The summed E-state index contributed by atoms with van der Waals surface area (Å²) in [5.74, 6) is 4.77. The Morgan fingerprint density at radius 3 is 2.67 bits per heavy atom. The molecule has 0 aromatic carbocycles. The molecule has 15 heavy (non-hydrogen) atoms. The van der Waals surface area contributed by atoms with Gasteiger partial charge in [-0.2, -0.15) is 0 Å². The minimum atomic E-state index is -0.156. The number of thioether (sulfide) groups is 1. The van der Waals surface area contributed by atoms with Gasteiger partial charge in [-0.1, -0.05) is 36.9 Å². The lowest BCUT2D eigenvalue weighted by Gasteiger charge is -2.15. The Bertz CT molecular complexity index is 341. The van der Waals surface area contributed by atoms with Crippen LogP contribution in [0.5, 0.6) is 0 Å². The van der Waals surface area contributed by atoms with Crippen LogP contribution in [0.3, 0.4) is 0 Å². The van der Waals surface area contributed by atoms with E-state index in [0.717, 1.165) is 9.35 Å². The van der Waals surface area contributed by atoms with Gasteiger partial charge in [0.15, 0.2) is 4.34 Å². The normalized spacial score (nSPS) is 14.7. The summed E-state index contributed by atoms with van der Waals surface area (Å²) in [6, 6.07) is 0. The third-order valence-electron chi connectivity index (χ3n) is 2.05. The van der Waals surface area contributed by atoms with Crippen LogP contribution < -0.4 is 11.3 Å². The predicted octanol–water partition coefficient (Wildman–Crippen LogP) is 0.953. The molecule has 2 atom stereocenters. The fraction of sp³-hybridized carbons (Fsp3) is 0.625. The summed E-state index contributed by atoms with van der Waals surface area (Å²) in [6.07, 6.45) is 0. The van der Waals surface area contributed by atoms with Crippen molar-refractivity contribution in [1.82, 2.24) is 15.6 Å². The highest BCUT2D eigenvalue weighted by molar-refractivity contribution is 8.01. The standard InChI is InChI=1S/C8H14N4OS2/c1-4(7(13)10-9)5(2)14-8-12-11-6(3)15-8/h4-5H,9H2,1-3H3,(H,10,13). The van der Waals surface area contributed by atoms with E-state index in [-0.39, 0.29) is 17.1 Å². The van der Waals surface area contributed by atoms with Crippen LogP contribution in [0.2, 0.25) is 0 Å². The van der Waals surface area contributed by atoms with Crippen molar-refractivity contribution in [3.05, 3.63) is 5.01 Å². The SMILES string of the molecule is Cc1nnc(SC(C)C(C)C(=O)NN)s1. The van der Waals surface area contributed by atoms with Crippen LogP contribution in [-0.2, 0) is 4.79 Å². The zero-order valence-corrected chi connectivity index (χ0v) is 10.5. The van der Waals surface area contributed by atoms with E-state index < -0.39 is 0 Å². The van der Waals surface area contributed by atoms with Gasteiger partial charge in [-0.05, 0) is 6.92 Å². The number of amides is 1. The molecule has 0 radical (unpaired) electrons. The van der Waals surface area contributed by atoms with Crippen molar-refractivity contribution in [2.75, 3.05) is 0 Å². The Morgan fingerprint density at radius 1 is 1.53 bits per heavy atom. The fourth-order valence-corrected chi connectivity index (χ4v) is 3.09. The van der Waals surface area contributed by atoms with E-state index >= 15 is 0 Å². The second kappa shape index (κ2) is 5.43. The number of hydrogen-bond acceptors (Lipinski definition) is 6. The summed E-state index contributed by atoms with van der Waals surface area (Å²) in [6.45, 7) is 5.72. The third kappa shape index (κ3) is 3.44. The molecule has 84 valence electrons. The molecule has 0 aliphatic carbocycles. The molecule has 0 aliphatic rings. The minimum Gasteiger partial charge on any atom is -0.294 e. The average Bonchev–Trinajstić information content (AvgIpc) is 2.61. The van der Waals surface area contributed by atoms with E-state index in [9.17, 15) is 4.79 Å². The molecule has 1 aromatic rings. The summed E-state index contributed by atoms with van der Waals surface area (Å²) >= 11 is 3.08. The number of hydrogen-bond donors (Lipinski definition) is 2. The molecule has 0 fully saturated rings. The van der Waals surface area contributed by atoms with Crippen molar-refractivity contribution in [1.29, 1.82) is 0 Å². The lowest BCUT2D eigenvalue weighted by molar-refractivity contribution is -0.124. The second-order valence-electron chi connectivity index (χ2n) is 3.21. The van der Waals surface area contributed by atoms with Gasteiger partial charge in [0.05, 0.1) is 0 Å². The average molecular weight is 246 g/mol. The Labute approximate surface area is 96.8 Å². The second-order valence-corrected chi connectivity index (χ2v) is 6.01. The number of carbonyl (C=O) groups excluding carboxylic acids is 1. The van der Waals surface area contributed by atoms with Crippen LogP contribution in [-0.4, -0.2) is 21.4 Å². The molecule has 0 aliphatic heterocycles. The molecule has 7 heteroatoms. The molecule has 5 nitrogen and oxygen atoms in total. The van der Waals surface area contributed by atoms with E-state index in [1.165, 1.54) is 11.3 Å². The van der Waals surface area contributed by atoms with Gasteiger partial charge in [-0.3, -0.25) is 10.2 Å². The highest BCUT2D eigenvalue weighted by atomic mass is 32.2. The lowest BCUT2D eigenvalue weighted by atomic mass is 10.1. The van der Waals surface area contributed by atoms with Gasteiger partial charge in [0.1, 0.15) is 5.01 Å². The fourth-order valence-electron chi connectivity index (χ4n) is 0.932. The van der Waals surface area contributed by atoms with Crippen LogP contribution in [0, 0.1) is 12.8 Å². The number of hydrazine groups is 1. The summed E-state index contributed by atoms with van der Waals surface area (Å²) in [7, 11) is 0. The van der Waals surface area contributed by atoms with Gasteiger partial charge in [0.2, 0.25) is 5.91 Å². The third-order valence-corrected chi connectivity index (χ3v) is 4.29. The first kappa shape index (κ1) is 12.4. The van der Waals surface area contributed by atoms with Crippen molar-refractivity contribution in [3.63, 3.8) is 0 Å². The van der Waals surface area contributed by atoms with Gasteiger partial charge in [-0.15, -0.1) is 10.2 Å². The summed E-state index contributed by atoms with van der Waals surface area (Å²) in [5.41, 5.74) is 2.15. The van der Waals surface area contributed by atoms with E-state index in [1.54, 1.807) is 11.8 Å². The number of nitrogens with two attached hydrogens (primary N) is 1. The largest absolute Gasteiger partial charge is 0.294 e. The number of rotatable bonds is 4. The van der Waals surface area contributed by atoms with Crippen molar-refractivity contribution < 1.29 is 4.79 Å². The van der Waals surface area contributed by atoms with Gasteiger partial charge in [0.25, 0.3) is 0 Å². The Morgan fingerprint density at radius 2 is 2.20 bits per heavy atom. The van der Waals surface area contributed by atoms with Crippen LogP contribution >= 0.6 is 23.1 Å². The van der Waals surface area contributed by atoms with Crippen molar-refractivity contribution in [2.24, 2.45) is 11.8 Å². The molecule has 0 bridgehead atoms. The van der Waals surface area contributed by atoms with Gasteiger partial charge >= 0.3 is 0 Å². The monoisotopic (exact) mass is 246 g/mol. The molecule has 2 unspecified atom stereocenters. The molecule has 1 heterocycles. The van der Waals surface area contributed by atoms with E-state index in [4.69, 9.17) is 5.84 Å². The zero-order valence-electron chi connectivity index (χ0n) is 8.85. The van der Waals surface area contributed by atoms with E-state index in [2.05, 4.69) is 15.6 Å². The molecule has 0 spiro atoms. The van der Waals surface area contributed by atoms with Crippen molar-refractivity contribution in [3.8, 4) is 0 Å². The quantitative estimate of drug-likeness (QED) is 0.358. The van der Waals surface area contributed by atoms with E-state index in [1.807, 2.05) is 20.8 Å². The van der Waals surface area contributed by atoms with Crippen LogP contribution in [0.4, 0.5) is 0 Å². The molecule has 0 saturated carbocycles. The number of carbonyl (C=O) groups is 1. The zero-order chi connectivity index (χ0) is 11.4. The number of nitrogens with one attached hydrogen (secondary N) is 1. The van der Waals surface area contributed by atoms with Crippen molar-refractivity contribution >= 4 is 29.0 Å². The van der Waals surface area contributed by atoms with E-state index in [0.29, 0.717) is 0 Å². The number of aromatic nitrogens is 2. The maximum Gasteiger partial charge on any atom is 0.237 e. The molecule has 3 N–H and O–H groups in total. The summed E-state index contributed by atoms with van der Waals surface area (Å²) in [4.78, 5) is 11.3. The Balaban J connectivity index is 2.55. The van der Waals surface area contributed by atoms with Gasteiger partial charge < -0.3 is 0 Å². The van der Waals surface area contributed by atoms with Gasteiger partial charge in [-0.25, -0.2) is 5.84 Å². The van der Waals surface area contributed by atoms with Crippen LogP contribution in [0.15, 0.2) is 4.34 Å². The first-order valence-electron chi connectivity index (χ1n) is 4.51. The Kier molecular flexibility index (Phi) is 4.49. The minimum absolute atomic E-state index is 0.126. The summed E-state index contributed by atoms with van der Waals surface area (Å²) in [5, 5.41) is 8.97. The first-order valence-corrected chi connectivity index (χ1v) is 6.21. The van der Waals surface area contributed by atoms with Gasteiger partial charge in [0, 0.05) is 11.2 Å². The highest BCUT2D eigenvalue weighted by Crippen LogP contribution is 2.29. The maximum atomic E-state index is 11.3. The lowest BCUT2D eigenvalue weighted by Crippen LogP contribution is -2.38. The molecule has 0 saturated heterocycles. The molecule has 1 rings (SSSR count). The van der Waals surface area contributed by atoms with Crippen LogP contribution in [0.1, 0.15) is 18.9 Å². The Hall–Kier alpha value is -0.660. The maximum absolute atomic E-state index is 11.3. The molecule has 1 amide bonds. The topological polar surface area (TPSA) is 80.9 Å². The highest BCUT2D eigenvalue weighted by Gasteiger charge is 2.21. The number of aryl methyl sites for hydroxylation is 1.